The van der Waals surface area contributed by atoms with Crippen LogP contribution in [0.4, 0.5) is 0 Å². The Morgan fingerprint density at radius 2 is 1.86 bits per heavy atom. The number of benzene rings is 2. The number of nitrogens with zero attached hydrogens (tertiary/aromatic N) is 3. The fourth-order valence-electron chi connectivity index (χ4n) is 2.22. The first-order valence-corrected chi connectivity index (χ1v) is 6.85. The summed E-state index contributed by atoms with van der Waals surface area (Å²) in [7, 11) is 0. The largest absolute Gasteiger partial charge is 0.268 e. The van der Waals surface area contributed by atoms with Gasteiger partial charge in [-0.05, 0) is 36.4 Å². The van der Waals surface area contributed by atoms with Crippen LogP contribution in [0, 0.1) is 11.3 Å². The molecule has 0 N–H and O–H groups in total. The molecule has 102 valence electrons. The van der Waals surface area contributed by atoms with Crippen LogP contribution in [-0.4, -0.2) is 9.55 Å². The van der Waals surface area contributed by atoms with Crippen LogP contribution < -0.4 is 5.56 Å². The topological polar surface area (TPSA) is 58.7 Å². The molecule has 1 heterocycles. The molecule has 0 saturated heterocycles. The summed E-state index contributed by atoms with van der Waals surface area (Å²) >= 11 is 5.94. The molecule has 0 atom stereocenters. The highest BCUT2D eigenvalue weighted by atomic mass is 35.5. The zero-order valence-corrected chi connectivity index (χ0v) is 11.7. The average Bonchev–Trinajstić information content (AvgIpc) is 2.55. The molecule has 0 amide bonds. The molecule has 0 bridgehead atoms. The molecule has 3 rings (SSSR count). The molecule has 21 heavy (non-hydrogen) atoms. The second-order valence-electron chi connectivity index (χ2n) is 4.48. The van der Waals surface area contributed by atoms with Gasteiger partial charge in [-0.15, -0.1) is 11.6 Å². The van der Waals surface area contributed by atoms with E-state index in [2.05, 4.69) is 4.98 Å². The molecular weight excluding hydrogens is 286 g/mol. The molecule has 0 unspecified atom stereocenters. The van der Waals surface area contributed by atoms with Crippen LogP contribution in [0.2, 0.25) is 0 Å². The lowest BCUT2D eigenvalue weighted by molar-refractivity contribution is 0.881. The van der Waals surface area contributed by atoms with Crippen LogP contribution in [0.1, 0.15) is 11.4 Å². The summed E-state index contributed by atoms with van der Waals surface area (Å²) in [5.74, 6) is 0.602. The second-order valence-corrected chi connectivity index (χ2v) is 4.75. The van der Waals surface area contributed by atoms with Gasteiger partial charge in [0, 0.05) is 0 Å². The summed E-state index contributed by atoms with van der Waals surface area (Å²) in [6.07, 6.45) is 0. The van der Waals surface area contributed by atoms with Gasteiger partial charge < -0.3 is 0 Å². The highest BCUT2D eigenvalue weighted by Crippen LogP contribution is 2.14. The first kappa shape index (κ1) is 13.3. The van der Waals surface area contributed by atoms with Gasteiger partial charge in [0.25, 0.3) is 5.56 Å². The Labute approximate surface area is 125 Å². The third kappa shape index (κ3) is 2.28. The van der Waals surface area contributed by atoms with Gasteiger partial charge in [0.2, 0.25) is 0 Å². The number of halogens is 1. The number of hydrogen-bond donors (Lipinski definition) is 0. The Kier molecular flexibility index (Phi) is 3.43. The van der Waals surface area contributed by atoms with Gasteiger partial charge in [-0.25, -0.2) is 4.98 Å². The zero-order valence-electron chi connectivity index (χ0n) is 11.0. The van der Waals surface area contributed by atoms with Crippen molar-refractivity contribution in [1.82, 2.24) is 9.55 Å². The van der Waals surface area contributed by atoms with E-state index in [-0.39, 0.29) is 11.4 Å². The number of aromatic nitrogens is 2. The minimum atomic E-state index is -0.166. The van der Waals surface area contributed by atoms with Crippen molar-refractivity contribution in [2.24, 2.45) is 0 Å². The molecule has 0 spiro atoms. The molecule has 0 aliphatic heterocycles. The van der Waals surface area contributed by atoms with Gasteiger partial charge in [-0.2, -0.15) is 5.26 Å². The monoisotopic (exact) mass is 295 g/mol. The van der Waals surface area contributed by atoms with Crippen LogP contribution in [0.5, 0.6) is 0 Å². The Bertz CT molecular complexity index is 907. The van der Waals surface area contributed by atoms with Crippen molar-refractivity contribution in [3.8, 4) is 11.8 Å². The fraction of sp³-hybridized carbons (Fsp3) is 0.0625. The molecule has 0 radical (unpaired) electrons. The number of rotatable bonds is 2. The smallest absolute Gasteiger partial charge is 0.266 e. The van der Waals surface area contributed by atoms with Crippen molar-refractivity contribution in [3.63, 3.8) is 0 Å². The van der Waals surface area contributed by atoms with Crippen molar-refractivity contribution in [3.05, 3.63) is 70.3 Å². The Morgan fingerprint density at radius 3 is 2.52 bits per heavy atom. The molecule has 0 aliphatic rings. The molecule has 0 aliphatic carbocycles. The van der Waals surface area contributed by atoms with E-state index in [9.17, 15) is 4.79 Å². The van der Waals surface area contributed by atoms with Crippen LogP contribution >= 0.6 is 11.6 Å². The van der Waals surface area contributed by atoms with E-state index in [1.807, 2.05) is 12.1 Å². The lowest BCUT2D eigenvalue weighted by atomic mass is 10.2. The predicted molar refractivity (Wildman–Crippen MR) is 81.6 cm³/mol. The maximum atomic E-state index is 12.7. The van der Waals surface area contributed by atoms with Crippen molar-refractivity contribution in [2.75, 3.05) is 0 Å². The van der Waals surface area contributed by atoms with E-state index >= 15 is 0 Å². The molecule has 3 aromatic rings. The normalized spacial score (nSPS) is 10.5. The van der Waals surface area contributed by atoms with Gasteiger partial charge >= 0.3 is 0 Å². The van der Waals surface area contributed by atoms with Crippen molar-refractivity contribution < 1.29 is 0 Å². The summed E-state index contributed by atoms with van der Waals surface area (Å²) in [4.78, 5) is 17.1. The van der Waals surface area contributed by atoms with E-state index in [1.165, 1.54) is 4.57 Å². The van der Waals surface area contributed by atoms with Crippen LogP contribution in [-0.2, 0) is 5.88 Å². The van der Waals surface area contributed by atoms with Crippen molar-refractivity contribution in [2.45, 2.75) is 5.88 Å². The molecule has 1 aromatic heterocycles. The van der Waals surface area contributed by atoms with Crippen LogP contribution in [0.25, 0.3) is 16.6 Å². The quantitative estimate of drug-likeness (QED) is 0.683. The van der Waals surface area contributed by atoms with Gasteiger partial charge in [0.1, 0.15) is 5.82 Å². The Hall–Kier alpha value is -2.64. The van der Waals surface area contributed by atoms with E-state index in [0.29, 0.717) is 28.0 Å². The van der Waals surface area contributed by atoms with E-state index in [0.717, 1.165) is 0 Å². The third-order valence-corrected chi connectivity index (χ3v) is 3.46. The third-order valence-electron chi connectivity index (χ3n) is 3.22. The zero-order chi connectivity index (χ0) is 14.8. The summed E-state index contributed by atoms with van der Waals surface area (Å²) in [6, 6.07) is 16.0. The summed E-state index contributed by atoms with van der Waals surface area (Å²) in [6.45, 7) is 0. The Balaban J connectivity index is 2.32. The SMILES string of the molecule is N#Cc1ccc(-n2c(CCl)nc3ccccc3c2=O)cc1. The fourth-order valence-corrected chi connectivity index (χ4v) is 2.40. The first-order valence-electron chi connectivity index (χ1n) is 6.32. The van der Waals surface area contributed by atoms with E-state index in [1.54, 1.807) is 42.5 Å². The van der Waals surface area contributed by atoms with Gasteiger partial charge in [-0.3, -0.25) is 9.36 Å². The lowest BCUT2D eigenvalue weighted by Gasteiger charge is -2.11. The number of alkyl halides is 1. The maximum absolute atomic E-state index is 12.7. The summed E-state index contributed by atoms with van der Waals surface area (Å²) in [5.41, 5.74) is 1.64. The standard InChI is InChI=1S/C16H10ClN3O/c17-9-15-19-14-4-2-1-3-13(14)16(21)20(15)12-7-5-11(10-18)6-8-12/h1-8H,9H2. The van der Waals surface area contributed by atoms with Gasteiger partial charge in [-0.1, -0.05) is 12.1 Å². The average molecular weight is 296 g/mol. The highest BCUT2D eigenvalue weighted by molar-refractivity contribution is 6.16. The van der Waals surface area contributed by atoms with Gasteiger partial charge in [0.05, 0.1) is 34.1 Å². The molecule has 5 heteroatoms. The second kappa shape index (κ2) is 5.39. The molecule has 4 nitrogen and oxygen atoms in total. The number of hydrogen-bond acceptors (Lipinski definition) is 3. The van der Waals surface area contributed by atoms with Crippen molar-refractivity contribution in [1.29, 1.82) is 5.26 Å². The van der Waals surface area contributed by atoms with E-state index in [4.69, 9.17) is 16.9 Å². The summed E-state index contributed by atoms with van der Waals surface area (Å²) < 4.78 is 1.48. The summed E-state index contributed by atoms with van der Waals surface area (Å²) in [5, 5.41) is 9.38. The lowest BCUT2D eigenvalue weighted by Crippen LogP contribution is -2.23. The first-order chi connectivity index (χ1) is 10.2. The molecular formula is C16H10ClN3O. The molecule has 0 saturated carbocycles. The predicted octanol–water partition coefficient (Wildman–Crippen LogP) is 3.00. The number of para-hydroxylation sites is 1. The Morgan fingerprint density at radius 1 is 1.14 bits per heavy atom. The van der Waals surface area contributed by atoms with E-state index < -0.39 is 0 Å². The minimum Gasteiger partial charge on any atom is -0.268 e. The van der Waals surface area contributed by atoms with Crippen molar-refractivity contribution >= 4 is 22.5 Å². The minimum absolute atomic E-state index is 0.125. The number of fused-ring (bicyclic) bond motifs is 1. The maximum Gasteiger partial charge on any atom is 0.266 e. The van der Waals surface area contributed by atoms with Gasteiger partial charge in [0.15, 0.2) is 0 Å². The number of nitriles is 1. The van der Waals surface area contributed by atoms with Crippen LogP contribution in [0.3, 0.4) is 0 Å². The highest BCUT2D eigenvalue weighted by Gasteiger charge is 2.11. The molecule has 2 aromatic carbocycles. The van der Waals surface area contributed by atoms with Crippen LogP contribution in [0.15, 0.2) is 53.3 Å². The molecule has 0 fully saturated rings.